The first-order chi connectivity index (χ1) is 17.7. The summed E-state index contributed by atoms with van der Waals surface area (Å²) < 4.78 is 7.38. The summed E-state index contributed by atoms with van der Waals surface area (Å²) in [4.78, 5) is 4.81. The van der Waals surface area contributed by atoms with Crippen molar-refractivity contribution in [1.82, 2.24) is 14.6 Å². The molecule has 0 amide bonds. The minimum absolute atomic E-state index is 0.390. The minimum atomic E-state index is -0.920. The number of rotatable bonds is 5. The van der Waals surface area contributed by atoms with Crippen molar-refractivity contribution in [3.8, 4) is 0 Å². The lowest BCUT2D eigenvalue weighted by atomic mass is 9.97. The van der Waals surface area contributed by atoms with Crippen molar-refractivity contribution in [1.29, 1.82) is 0 Å². The number of ether oxygens (including phenoxy) is 1. The molecule has 37 heavy (non-hydrogen) atoms. The van der Waals surface area contributed by atoms with Gasteiger partial charge in [0.05, 0.1) is 27.8 Å². The Hall–Kier alpha value is -3.13. The molecule has 1 saturated heterocycles. The van der Waals surface area contributed by atoms with Gasteiger partial charge in [0.15, 0.2) is 0 Å². The van der Waals surface area contributed by atoms with Crippen LogP contribution >= 0.6 is 0 Å². The molecule has 1 aromatic carbocycles. The predicted octanol–water partition coefficient (Wildman–Crippen LogP) is 5.19. The molecular weight excluding hydrogens is 462 g/mol. The van der Waals surface area contributed by atoms with Crippen molar-refractivity contribution in [3.05, 3.63) is 71.6 Å². The van der Waals surface area contributed by atoms with Crippen molar-refractivity contribution in [2.24, 2.45) is 17.5 Å². The van der Waals surface area contributed by atoms with E-state index in [0.717, 1.165) is 64.9 Å². The summed E-state index contributed by atoms with van der Waals surface area (Å²) in [7, 11) is 1.78. The Morgan fingerprint density at radius 3 is 2.46 bits per heavy atom. The molecule has 1 aliphatic heterocycles. The Kier molecular flexibility index (Phi) is 8.37. The van der Waals surface area contributed by atoms with Crippen LogP contribution in [0.5, 0.6) is 0 Å². The lowest BCUT2D eigenvalue weighted by Gasteiger charge is -2.20. The highest BCUT2D eigenvalue weighted by atomic mass is 16.5. The van der Waals surface area contributed by atoms with E-state index in [1.165, 1.54) is 24.3 Å². The van der Waals surface area contributed by atoms with Crippen LogP contribution in [-0.4, -0.2) is 39.9 Å². The first-order valence-electron chi connectivity index (χ1n) is 13.2. The van der Waals surface area contributed by atoms with E-state index in [0.29, 0.717) is 11.6 Å². The Morgan fingerprint density at radius 1 is 1.16 bits per heavy atom. The van der Waals surface area contributed by atoms with Crippen LogP contribution in [0.3, 0.4) is 0 Å². The van der Waals surface area contributed by atoms with E-state index in [1.54, 1.807) is 7.05 Å². The summed E-state index contributed by atoms with van der Waals surface area (Å²) in [5, 5.41) is 13.2. The van der Waals surface area contributed by atoms with Crippen LogP contribution in [0.25, 0.3) is 27.6 Å². The molecule has 0 bridgehead atoms. The summed E-state index contributed by atoms with van der Waals surface area (Å²) >= 11 is 0. The number of hydrogen-bond acceptors (Lipinski definition) is 6. The highest BCUT2D eigenvalue weighted by Gasteiger charge is 2.21. The number of nitrogens with two attached hydrogens (primary N) is 2. The molecule has 3 aromatic rings. The number of hydrogen-bond donors (Lipinski definition) is 3. The number of aliphatic hydroxyl groups is 1. The fraction of sp³-hybridized carbons (Fsp3) is 0.433. The number of fused-ring (bicyclic) bond motifs is 3. The highest BCUT2D eigenvalue weighted by molar-refractivity contribution is 6.06. The van der Waals surface area contributed by atoms with Gasteiger partial charge in [-0.1, -0.05) is 36.4 Å². The Bertz CT molecular complexity index is 1310. The van der Waals surface area contributed by atoms with Crippen molar-refractivity contribution < 1.29 is 9.84 Å². The molecule has 198 valence electrons. The summed E-state index contributed by atoms with van der Waals surface area (Å²) in [5.74, 6) is 6.45. The molecule has 7 nitrogen and oxygen atoms in total. The van der Waals surface area contributed by atoms with Crippen LogP contribution in [-0.2, 0) is 16.9 Å². The molecule has 0 spiro atoms. The number of nitrogens with zero attached hydrogens (tertiary/aromatic N) is 3. The number of allylic oxidation sites excluding steroid dienone is 5. The first kappa shape index (κ1) is 26.9. The number of benzene rings is 1. The Balaban J connectivity index is 0.000000469. The predicted molar refractivity (Wildman–Crippen MR) is 152 cm³/mol. The van der Waals surface area contributed by atoms with Gasteiger partial charge < -0.3 is 25.2 Å². The third kappa shape index (κ3) is 6.24. The summed E-state index contributed by atoms with van der Waals surface area (Å²) in [6.45, 7) is 8.28. The molecule has 1 aliphatic carbocycles. The summed E-state index contributed by atoms with van der Waals surface area (Å²) in [5.41, 5.74) is 11.4. The molecule has 0 saturated carbocycles. The van der Waals surface area contributed by atoms with E-state index in [-0.39, 0.29) is 0 Å². The van der Waals surface area contributed by atoms with Gasteiger partial charge in [-0.15, -0.1) is 0 Å². The molecule has 5 rings (SSSR count). The average molecular weight is 504 g/mol. The molecule has 1 fully saturated rings. The van der Waals surface area contributed by atoms with Gasteiger partial charge in [-0.2, -0.15) is 0 Å². The van der Waals surface area contributed by atoms with Gasteiger partial charge in [-0.25, -0.2) is 5.84 Å². The van der Waals surface area contributed by atoms with Gasteiger partial charge in [0.1, 0.15) is 0 Å². The first-order valence-corrected chi connectivity index (χ1v) is 13.2. The van der Waals surface area contributed by atoms with E-state index in [1.807, 2.05) is 33.0 Å². The minimum Gasteiger partial charge on any atom is -0.401 e. The van der Waals surface area contributed by atoms with Crippen LogP contribution in [0, 0.1) is 5.92 Å². The van der Waals surface area contributed by atoms with Crippen LogP contribution in [0.2, 0.25) is 0 Å². The molecule has 5 N–H and O–H groups in total. The Labute approximate surface area is 220 Å². The van der Waals surface area contributed by atoms with Gasteiger partial charge in [0.2, 0.25) is 0 Å². The second-order valence-corrected chi connectivity index (χ2v) is 10.6. The summed E-state index contributed by atoms with van der Waals surface area (Å²) in [6, 6.07) is 8.24. The van der Waals surface area contributed by atoms with E-state index < -0.39 is 5.60 Å². The van der Waals surface area contributed by atoms with Crippen molar-refractivity contribution in [2.75, 3.05) is 20.3 Å². The Morgan fingerprint density at radius 2 is 1.92 bits per heavy atom. The standard InChI is InChI=1S/C25H31N5O.C5H10O/c1-16(26)24(29(4)27)18-12-22-23(28-14-18)20-11-10-19(25(2,3)31)13-21(20)30(22)15-17-8-6-5-7-9-17;1-2-4-6-5-3-1/h5-8,10-14,17,31H,9,15,26-27H2,1-4H3;1-5H2/b24-16-;. The molecule has 0 radical (unpaired) electrons. The van der Waals surface area contributed by atoms with Gasteiger partial charge in [-0.05, 0) is 70.1 Å². The van der Waals surface area contributed by atoms with E-state index in [2.05, 4.69) is 47.1 Å². The maximum Gasteiger partial charge on any atom is 0.0960 e. The molecule has 3 heterocycles. The molecule has 1 unspecified atom stereocenters. The molecule has 2 aliphatic rings. The molecule has 2 aromatic heterocycles. The van der Waals surface area contributed by atoms with Gasteiger partial charge >= 0.3 is 0 Å². The van der Waals surface area contributed by atoms with Crippen molar-refractivity contribution in [3.63, 3.8) is 0 Å². The maximum absolute atomic E-state index is 10.6. The zero-order valence-corrected chi connectivity index (χ0v) is 22.6. The fourth-order valence-electron chi connectivity index (χ4n) is 5.06. The van der Waals surface area contributed by atoms with E-state index in [4.69, 9.17) is 21.3 Å². The zero-order valence-electron chi connectivity index (χ0n) is 22.6. The molecule has 7 heteroatoms. The lowest BCUT2D eigenvalue weighted by Crippen LogP contribution is -2.26. The quantitative estimate of drug-likeness (QED) is 0.327. The van der Waals surface area contributed by atoms with E-state index >= 15 is 0 Å². The monoisotopic (exact) mass is 503 g/mol. The second-order valence-electron chi connectivity index (χ2n) is 10.6. The van der Waals surface area contributed by atoms with Crippen LogP contribution in [0.1, 0.15) is 57.6 Å². The lowest BCUT2D eigenvalue weighted by molar-refractivity contribution is 0.0787. The number of aromatic nitrogens is 2. The van der Waals surface area contributed by atoms with Crippen LogP contribution < -0.4 is 11.6 Å². The van der Waals surface area contributed by atoms with Crippen molar-refractivity contribution in [2.45, 2.75) is 58.6 Å². The summed E-state index contributed by atoms with van der Waals surface area (Å²) in [6.07, 6.45) is 15.4. The van der Waals surface area contributed by atoms with Gasteiger partial charge in [0, 0.05) is 49.6 Å². The maximum atomic E-state index is 10.6. The highest BCUT2D eigenvalue weighted by Crippen LogP contribution is 2.34. The third-order valence-corrected chi connectivity index (χ3v) is 6.97. The topological polar surface area (TPSA) is 103 Å². The van der Waals surface area contributed by atoms with E-state index in [9.17, 15) is 5.11 Å². The van der Waals surface area contributed by atoms with Crippen LogP contribution in [0.4, 0.5) is 0 Å². The average Bonchev–Trinajstić information content (AvgIpc) is 3.17. The third-order valence-electron chi connectivity index (χ3n) is 6.97. The number of hydrazine groups is 1. The SMILES string of the molecule is C/C(N)=C(\c1cnc2c3ccc(C(C)(C)O)cc3n(CC3C=CC=CC3)c2c1)N(C)N.C1CCOCC1. The molecule has 1 atom stereocenters. The zero-order chi connectivity index (χ0) is 26.6. The normalized spacial score (nSPS) is 18.5. The van der Waals surface area contributed by atoms with Gasteiger partial charge in [-0.3, -0.25) is 4.98 Å². The van der Waals surface area contributed by atoms with Crippen LogP contribution in [0.15, 0.2) is 60.5 Å². The van der Waals surface area contributed by atoms with Crippen molar-refractivity contribution >= 4 is 27.6 Å². The number of pyridine rings is 1. The molecular formula is C30H41N5O2. The van der Waals surface area contributed by atoms with Gasteiger partial charge in [0.25, 0.3) is 0 Å². The largest absolute Gasteiger partial charge is 0.401 e. The fourth-order valence-corrected chi connectivity index (χ4v) is 5.06. The smallest absolute Gasteiger partial charge is 0.0960 e. The second kappa shape index (κ2) is 11.5.